The molecule has 9 heteroatoms. The lowest BCUT2D eigenvalue weighted by Crippen LogP contribution is -2.30. The molecule has 8 nitrogen and oxygen atoms in total. The first kappa shape index (κ1) is 18.7. The molecule has 1 amide bonds. The first-order valence-electron chi connectivity index (χ1n) is 7.67. The SMILES string of the molecule is CCN(CC)S(=O)(=O)c1cccc(C(=O)N/N=C/c2ccc(N)o2)c1. The zero-order valence-electron chi connectivity index (χ0n) is 14.0. The van der Waals surface area contributed by atoms with Crippen LogP contribution in [0.2, 0.25) is 0 Å². The zero-order valence-corrected chi connectivity index (χ0v) is 14.8. The van der Waals surface area contributed by atoms with E-state index in [1.807, 2.05) is 0 Å². The summed E-state index contributed by atoms with van der Waals surface area (Å²) < 4.78 is 31.4. The van der Waals surface area contributed by atoms with Gasteiger partial charge in [-0.25, -0.2) is 13.8 Å². The molecule has 0 radical (unpaired) electrons. The van der Waals surface area contributed by atoms with Crippen LogP contribution < -0.4 is 11.2 Å². The van der Waals surface area contributed by atoms with E-state index in [0.717, 1.165) is 0 Å². The Labute approximate surface area is 146 Å². The summed E-state index contributed by atoms with van der Waals surface area (Å²) in [7, 11) is -3.63. The van der Waals surface area contributed by atoms with Crippen LogP contribution in [0.1, 0.15) is 30.0 Å². The van der Waals surface area contributed by atoms with Crippen molar-refractivity contribution in [2.75, 3.05) is 18.8 Å². The van der Waals surface area contributed by atoms with E-state index < -0.39 is 15.9 Å². The van der Waals surface area contributed by atoms with Crippen molar-refractivity contribution >= 4 is 28.0 Å². The topological polar surface area (TPSA) is 118 Å². The van der Waals surface area contributed by atoms with Crippen LogP contribution in [0.15, 0.2) is 50.8 Å². The maximum Gasteiger partial charge on any atom is 0.271 e. The largest absolute Gasteiger partial charge is 0.440 e. The molecule has 0 bridgehead atoms. The maximum atomic E-state index is 12.5. The van der Waals surface area contributed by atoms with Crippen molar-refractivity contribution in [1.29, 1.82) is 0 Å². The van der Waals surface area contributed by atoms with Crippen LogP contribution in [-0.4, -0.2) is 37.9 Å². The van der Waals surface area contributed by atoms with Gasteiger partial charge in [0.05, 0.1) is 11.1 Å². The van der Waals surface area contributed by atoms with Gasteiger partial charge >= 0.3 is 0 Å². The van der Waals surface area contributed by atoms with E-state index in [9.17, 15) is 13.2 Å². The second-order valence-electron chi connectivity index (χ2n) is 5.06. The normalized spacial score (nSPS) is 12.0. The highest BCUT2D eigenvalue weighted by molar-refractivity contribution is 7.89. The van der Waals surface area contributed by atoms with Crippen LogP contribution in [0.4, 0.5) is 5.88 Å². The average molecular weight is 364 g/mol. The second-order valence-corrected chi connectivity index (χ2v) is 6.99. The number of benzene rings is 1. The molecule has 0 unspecified atom stereocenters. The summed E-state index contributed by atoms with van der Waals surface area (Å²) in [5, 5.41) is 3.76. The Morgan fingerprint density at radius 1 is 1.28 bits per heavy atom. The summed E-state index contributed by atoms with van der Waals surface area (Å²) in [4.78, 5) is 12.2. The lowest BCUT2D eigenvalue weighted by molar-refractivity contribution is 0.0955. The van der Waals surface area contributed by atoms with Crippen molar-refractivity contribution in [3.63, 3.8) is 0 Å². The van der Waals surface area contributed by atoms with Gasteiger partial charge in [0.2, 0.25) is 10.0 Å². The minimum atomic E-state index is -3.63. The number of nitrogens with one attached hydrogen (secondary N) is 1. The summed E-state index contributed by atoms with van der Waals surface area (Å²) in [6.07, 6.45) is 1.30. The van der Waals surface area contributed by atoms with E-state index in [1.165, 1.54) is 34.8 Å². The van der Waals surface area contributed by atoms with Crippen LogP contribution in [0.3, 0.4) is 0 Å². The van der Waals surface area contributed by atoms with Gasteiger partial charge in [-0.05, 0) is 24.3 Å². The number of nitrogens with two attached hydrogens (primary N) is 1. The molecular weight excluding hydrogens is 344 g/mol. The Kier molecular flexibility index (Phi) is 5.94. The minimum absolute atomic E-state index is 0.0617. The predicted octanol–water partition coefficient (Wildman–Crippen LogP) is 1.66. The Morgan fingerprint density at radius 3 is 2.60 bits per heavy atom. The van der Waals surface area contributed by atoms with Crippen LogP contribution >= 0.6 is 0 Å². The molecular formula is C16H20N4O4S. The highest BCUT2D eigenvalue weighted by atomic mass is 32.2. The van der Waals surface area contributed by atoms with Crippen LogP contribution in [0, 0.1) is 0 Å². The third-order valence-electron chi connectivity index (χ3n) is 3.44. The number of rotatable bonds is 7. The van der Waals surface area contributed by atoms with Gasteiger partial charge in [0, 0.05) is 24.7 Å². The van der Waals surface area contributed by atoms with E-state index in [1.54, 1.807) is 26.0 Å². The quantitative estimate of drug-likeness (QED) is 0.572. The lowest BCUT2D eigenvalue weighted by atomic mass is 10.2. The van der Waals surface area contributed by atoms with Crippen molar-refractivity contribution in [3.8, 4) is 0 Å². The molecule has 0 fully saturated rings. The number of sulfonamides is 1. The first-order valence-corrected chi connectivity index (χ1v) is 9.11. The van der Waals surface area contributed by atoms with E-state index in [0.29, 0.717) is 18.8 Å². The molecule has 2 aromatic rings. The van der Waals surface area contributed by atoms with Gasteiger partial charge in [0.25, 0.3) is 5.91 Å². The molecule has 1 aromatic carbocycles. The highest BCUT2D eigenvalue weighted by Crippen LogP contribution is 2.17. The molecule has 0 atom stereocenters. The summed E-state index contributed by atoms with van der Waals surface area (Å²) in [6.45, 7) is 4.22. The van der Waals surface area contributed by atoms with Gasteiger partial charge in [-0.1, -0.05) is 19.9 Å². The number of furan rings is 1. The van der Waals surface area contributed by atoms with Crippen molar-refractivity contribution < 1.29 is 17.6 Å². The molecule has 0 spiro atoms. The molecule has 25 heavy (non-hydrogen) atoms. The van der Waals surface area contributed by atoms with Crippen molar-refractivity contribution in [3.05, 3.63) is 47.7 Å². The van der Waals surface area contributed by atoms with Crippen molar-refractivity contribution in [2.45, 2.75) is 18.7 Å². The second kappa shape index (κ2) is 7.95. The van der Waals surface area contributed by atoms with Crippen LogP contribution in [0.25, 0.3) is 0 Å². The number of carbonyl (C=O) groups is 1. The Balaban J connectivity index is 2.15. The standard InChI is InChI=1S/C16H20N4O4S/c1-3-20(4-2)25(22,23)14-7-5-6-12(10-14)16(21)19-18-11-13-8-9-15(17)24-13/h5-11H,3-4,17H2,1-2H3,(H,19,21)/b18-11+. The minimum Gasteiger partial charge on any atom is -0.440 e. The number of carbonyl (C=O) groups excluding carboxylic acids is 1. The number of nitrogen functional groups attached to an aromatic ring is 1. The molecule has 134 valence electrons. The van der Waals surface area contributed by atoms with E-state index in [4.69, 9.17) is 10.2 Å². The molecule has 3 N–H and O–H groups in total. The Hall–Kier alpha value is -2.65. The van der Waals surface area contributed by atoms with E-state index in [-0.39, 0.29) is 16.3 Å². The number of hydrazone groups is 1. The molecule has 0 saturated carbocycles. The molecule has 0 saturated heterocycles. The number of hydrogen-bond acceptors (Lipinski definition) is 6. The lowest BCUT2D eigenvalue weighted by Gasteiger charge is -2.18. The third kappa shape index (κ3) is 4.46. The van der Waals surface area contributed by atoms with Gasteiger partial charge in [-0.2, -0.15) is 9.41 Å². The van der Waals surface area contributed by atoms with Gasteiger partial charge in [0.15, 0.2) is 5.88 Å². The van der Waals surface area contributed by atoms with Gasteiger partial charge in [0.1, 0.15) is 5.76 Å². The average Bonchev–Trinajstić information content (AvgIpc) is 3.01. The Bertz CT molecular complexity index is 870. The fraction of sp³-hybridized carbons (Fsp3) is 0.250. The monoisotopic (exact) mass is 364 g/mol. The predicted molar refractivity (Wildman–Crippen MR) is 94.7 cm³/mol. The van der Waals surface area contributed by atoms with Gasteiger partial charge in [-0.3, -0.25) is 4.79 Å². The molecule has 1 heterocycles. The smallest absolute Gasteiger partial charge is 0.271 e. The Morgan fingerprint density at radius 2 is 2.00 bits per heavy atom. The fourth-order valence-electron chi connectivity index (χ4n) is 2.17. The number of amides is 1. The van der Waals surface area contributed by atoms with E-state index in [2.05, 4.69) is 10.5 Å². The maximum absolute atomic E-state index is 12.5. The summed E-state index contributed by atoms with van der Waals surface area (Å²) >= 11 is 0. The third-order valence-corrected chi connectivity index (χ3v) is 5.49. The molecule has 0 aliphatic carbocycles. The summed E-state index contributed by atoms with van der Waals surface area (Å²) in [5.41, 5.74) is 7.93. The molecule has 0 aliphatic heterocycles. The molecule has 1 aromatic heterocycles. The summed E-state index contributed by atoms with van der Waals surface area (Å²) in [5.74, 6) is 0.0881. The van der Waals surface area contributed by atoms with E-state index >= 15 is 0 Å². The van der Waals surface area contributed by atoms with Crippen molar-refractivity contribution in [2.24, 2.45) is 5.10 Å². The summed E-state index contributed by atoms with van der Waals surface area (Å²) in [6, 6.07) is 8.97. The zero-order chi connectivity index (χ0) is 18.4. The molecule has 2 rings (SSSR count). The van der Waals surface area contributed by atoms with Crippen LogP contribution in [-0.2, 0) is 10.0 Å². The van der Waals surface area contributed by atoms with Gasteiger partial charge < -0.3 is 10.2 Å². The van der Waals surface area contributed by atoms with Crippen molar-refractivity contribution in [1.82, 2.24) is 9.73 Å². The molecule has 0 aliphatic rings. The first-order chi connectivity index (χ1) is 11.9. The highest BCUT2D eigenvalue weighted by Gasteiger charge is 2.22. The van der Waals surface area contributed by atoms with Gasteiger partial charge in [-0.15, -0.1) is 0 Å². The van der Waals surface area contributed by atoms with Crippen LogP contribution in [0.5, 0.6) is 0 Å². The number of hydrogen-bond donors (Lipinski definition) is 2. The number of anilines is 1. The number of nitrogens with zero attached hydrogens (tertiary/aromatic N) is 2. The fourth-order valence-corrected chi connectivity index (χ4v) is 3.67.